The van der Waals surface area contributed by atoms with E-state index in [9.17, 15) is 0 Å². The van der Waals surface area contributed by atoms with E-state index in [0.29, 0.717) is 12.1 Å². The largest absolute Gasteiger partial charge is 0.387 e. The summed E-state index contributed by atoms with van der Waals surface area (Å²) in [6, 6.07) is 0.633. The number of hydrogen-bond acceptors (Lipinski definition) is 2. The Hall–Kier alpha value is -0.0800. The van der Waals surface area contributed by atoms with Gasteiger partial charge in [0.05, 0.1) is 6.10 Å². The van der Waals surface area contributed by atoms with Gasteiger partial charge in [-0.1, -0.05) is 0 Å². The Morgan fingerprint density at radius 3 is 2.20 bits per heavy atom. The highest BCUT2D eigenvalue weighted by atomic mass is 16.3. The Kier molecular flexibility index (Phi) is 2.69. The third kappa shape index (κ3) is 1.96. The highest BCUT2D eigenvalue weighted by Crippen LogP contribution is 2.17. The van der Waals surface area contributed by atoms with Crippen molar-refractivity contribution in [2.24, 2.45) is 0 Å². The molecule has 1 N–H and O–H groups in total. The molecule has 0 bridgehead atoms. The molecule has 1 saturated heterocycles. The molecule has 0 amide bonds. The summed E-state index contributed by atoms with van der Waals surface area (Å²) < 4.78 is 0. The van der Waals surface area contributed by atoms with Gasteiger partial charge in [-0.3, -0.25) is 0 Å². The summed E-state index contributed by atoms with van der Waals surface area (Å²) in [7, 11) is 0. The average molecular weight is 142 g/mol. The molecule has 0 spiro atoms. The Balaban J connectivity index is 2.26. The molecule has 0 saturated carbocycles. The first kappa shape index (κ1) is 8.02. The predicted octanol–water partition coefficient (Wildman–Crippen LogP) is 1.40. The molecular weight excluding hydrogens is 126 g/mol. The van der Waals surface area contributed by atoms with Gasteiger partial charge in [-0.2, -0.15) is 0 Å². The molecule has 0 aromatic rings. The van der Waals surface area contributed by atoms with Crippen molar-refractivity contribution in [2.75, 3.05) is 13.1 Å². The van der Waals surface area contributed by atoms with Crippen LogP contribution in [0.3, 0.4) is 0 Å². The summed E-state index contributed by atoms with van der Waals surface area (Å²) in [6.07, 6.45) is 2.42. The van der Waals surface area contributed by atoms with Gasteiger partial charge in [0, 0.05) is 19.1 Å². The van der Waals surface area contributed by atoms with Crippen molar-refractivity contribution in [1.29, 1.82) is 0 Å². The second kappa shape index (κ2) is 3.35. The van der Waals surface area contributed by atoms with Crippen LogP contribution in [-0.2, 0) is 0 Å². The maximum atomic E-state index is 9.10. The van der Waals surface area contributed by atoms with E-state index in [1.165, 1.54) is 0 Å². The average Bonchev–Trinajstić information content (AvgIpc) is 1.88. The second-order valence-corrected chi connectivity index (χ2v) is 3.20. The highest BCUT2D eigenvalue weighted by Gasteiger charge is 2.18. The number of hydrogen-bond donors (Lipinski definition) is 1. The smallest absolute Gasteiger partial charge is 0.0958 e. The molecule has 0 aliphatic carbocycles. The van der Waals surface area contributed by atoms with Gasteiger partial charge >= 0.3 is 0 Å². The fraction of sp³-hybridized carbons (Fsp3) is 0.875. The lowest BCUT2D eigenvalue weighted by Crippen LogP contribution is -2.37. The number of aliphatic hydroxyl groups is 1. The molecule has 59 valence electrons. The van der Waals surface area contributed by atoms with Gasteiger partial charge in [0.2, 0.25) is 0 Å². The Bertz CT molecular complexity index is 95.4. The van der Waals surface area contributed by atoms with Crippen LogP contribution in [0.1, 0.15) is 26.7 Å². The van der Waals surface area contributed by atoms with Gasteiger partial charge in [0.25, 0.3) is 0 Å². The minimum absolute atomic E-state index is 0.633. The summed E-state index contributed by atoms with van der Waals surface area (Å²) in [5.74, 6) is 0. The van der Waals surface area contributed by atoms with Crippen molar-refractivity contribution in [1.82, 2.24) is 4.90 Å². The molecule has 1 fully saturated rings. The molecule has 0 unspecified atom stereocenters. The Morgan fingerprint density at radius 2 is 1.80 bits per heavy atom. The number of piperidine rings is 1. The van der Waals surface area contributed by atoms with Crippen LogP contribution in [0.4, 0.5) is 0 Å². The lowest BCUT2D eigenvalue weighted by atomic mass is 10.1. The van der Waals surface area contributed by atoms with Gasteiger partial charge in [-0.25, -0.2) is 0 Å². The Morgan fingerprint density at radius 1 is 1.30 bits per heavy atom. The van der Waals surface area contributed by atoms with E-state index in [1.807, 2.05) is 0 Å². The van der Waals surface area contributed by atoms with Crippen molar-refractivity contribution >= 4 is 0 Å². The molecule has 1 radical (unpaired) electrons. The number of nitrogens with zero attached hydrogens (tertiary/aromatic N) is 1. The van der Waals surface area contributed by atoms with Crippen molar-refractivity contribution in [3.05, 3.63) is 6.10 Å². The molecule has 10 heavy (non-hydrogen) atoms. The van der Waals surface area contributed by atoms with Crippen LogP contribution in [0.2, 0.25) is 0 Å². The van der Waals surface area contributed by atoms with Crippen LogP contribution in [-0.4, -0.2) is 29.1 Å². The molecule has 2 heteroatoms. The first-order valence-electron chi connectivity index (χ1n) is 3.98. The molecule has 0 atom stereocenters. The van der Waals surface area contributed by atoms with Crippen LogP contribution in [0.15, 0.2) is 0 Å². The van der Waals surface area contributed by atoms with Crippen LogP contribution in [0.25, 0.3) is 0 Å². The first-order valence-corrected chi connectivity index (χ1v) is 3.98. The van der Waals surface area contributed by atoms with Gasteiger partial charge < -0.3 is 10.0 Å². The van der Waals surface area contributed by atoms with Crippen LogP contribution < -0.4 is 0 Å². The van der Waals surface area contributed by atoms with E-state index in [0.717, 1.165) is 25.9 Å². The maximum absolute atomic E-state index is 9.10. The molecule has 0 aromatic heterocycles. The highest BCUT2D eigenvalue weighted by molar-refractivity contribution is 4.84. The van der Waals surface area contributed by atoms with Crippen LogP contribution in [0.5, 0.6) is 0 Å². The zero-order valence-corrected chi connectivity index (χ0v) is 6.80. The van der Waals surface area contributed by atoms with Gasteiger partial charge in [0.1, 0.15) is 0 Å². The summed E-state index contributed by atoms with van der Waals surface area (Å²) in [6.45, 7) is 6.46. The minimum Gasteiger partial charge on any atom is -0.387 e. The fourth-order valence-corrected chi connectivity index (χ4v) is 1.30. The van der Waals surface area contributed by atoms with Crippen molar-refractivity contribution < 1.29 is 5.11 Å². The second-order valence-electron chi connectivity index (χ2n) is 3.20. The van der Waals surface area contributed by atoms with Crippen molar-refractivity contribution in [3.63, 3.8) is 0 Å². The van der Waals surface area contributed by atoms with E-state index >= 15 is 0 Å². The summed E-state index contributed by atoms with van der Waals surface area (Å²) in [4.78, 5) is 2.39. The van der Waals surface area contributed by atoms with Gasteiger partial charge in [-0.15, -0.1) is 0 Å². The summed E-state index contributed by atoms with van der Waals surface area (Å²) in [5, 5.41) is 9.10. The third-order valence-electron chi connectivity index (χ3n) is 2.11. The maximum Gasteiger partial charge on any atom is 0.0958 e. The van der Waals surface area contributed by atoms with E-state index in [-0.39, 0.29) is 0 Å². The lowest BCUT2D eigenvalue weighted by Gasteiger charge is -2.31. The first-order chi connectivity index (χ1) is 4.70. The monoisotopic (exact) mass is 142 g/mol. The lowest BCUT2D eigenvalue weighted by molar-refractivity contribution is 0.135. The molecule has 1 heterocycles. The minimum atomic E-state index is 0.633. The van der Waals surface area contributed by atoms with Crippen molar-refractivity contribution in [3.8, 4) is 0 Å². The number of aliphatic hydroxyl groups excluding tert-OH is 1. The molecule has 1 aliphatic heterocycles. The zero-order valence-electron chi connectivity index (χ0n) is 6.80. The molecule has 1 aliphatic rings. The molecule has 2 nitrogen and oxygen atoms in total. The van der Waals surface area contributed by atoms with Crippen LogP contribution in [0, 0.1) is 6.10 Å². The number of likely N-dealkylation sites (tertiary alicyclic amines) is 1. The van der Waals surface area contributed by atoms with Crippen molar-refractivity contribution in [2.45, 2.75) is 32.7 Å². The molecular formula is C8H16NO. The fourth-order valence-electron chi connectivity index (χ4n) is 1.30. The summed E-state index contributed by atoms with van der Waals surface area (Å²) in [5.41, 5.74) is 0. The van der Waals surface area contributed by atoms with E-state index < -0.39 is 0 Å². The predicted molar refractivity (Wildman–Crippen MR) is 41.1 cm³/mol. The third-order valence-corrected chi connectivity index (χ3v) is 2.11. The van der Waals surface area contributed by atoms with Gasteiger partial charge in [-0.05, 0) is 26.7 Å². The molecule has 1 rings (SSSR count). The van der Waals surface area contributed by atoms with Crippen LogP contribution >= 0.6 is 0 Å². The normalized spacial score (nSPS) is 24.0. The van der Waals surface area contributed by atoms with E-state index in [1.54, 1.807) is 0 Å². The standard InChI is InChI=1S/C8H16NO/c1-7(2)9-5-3-8(10)4-6-9/h7,10H,3-6H2,1-2H3. The van der Waals surface area contributed by atoms with Gasteiger partial charge in [0.15, 0.2) is 0 Å². The summed E-state index contributed by atoms with van der Waals surface area (Å²) >= 11 is 0. The van der Waals surface area contributed by atoms with E-state index in [4.69, 9.17) is 5.11 Å². The SMILES string of the molecule is CC(C)N1CC[C](O)CC1. The molecule has 0 aromatic carbocycles. The van der Waals surface area contributed by atoms with E-state index in [2.05, 4.69) is 18.7 Å². The number of rotatable bonds is 1. The quantitative estimate of drug-likeness (QED) is 0.598. The topological polar surface area (TPSA) is 23.5 Å². The Labute approximate surface area is 62.8 Å². The zero-order chi connectivity index (χ0) is 7.56.